The van der Waals surface area contributed by atoms with E-state index < -0.39 is 5.60 Å². The molecule has 0 spiro atoms. The molecule has 1 rings (SSSR count). The Labute approximate surface area is 139 Å². The minimum absolute atomic E-state index is 0.0613. The summed E-state index contributed by atoms with van der Waals surface area (Å²) in [6, 6.07) is 0.0116. The maximum atomic E-state index is 12.6. The van der Waals surface area contributed by atoms with Crippen LogP contribution < -0.4 is 0 Å². The smallest absolute Gasteiger partial charge is 0.410 e. The Hall–Kier alpha value is -1.72. The number of nitrogens with zero attached hydrogens (tertiary/aromatic N) is 2. The molecule has 1 aliphatic heterocycles. The number of ether oxygens (including phenoxy) is 2. The van der Waals surface area contributed by atoms with Crippen LogP contribution in [0.15, 0.2) is 12.7 Å². The lowest BCUT2D eigenvalue weighted by Gasteiger charge is -2.34. The average molecular weight is 326 g/mol. The van der Waals surface area contributed by atoms with Crippen LogP contribution in [-0.2, 0) is 9.47 Å². The number of carbonyl (C=O) groups is 2. The third kappa shape index (κ3) is 5.44. The Morgan fingerprint density at radius 1 is 1.30 bits per heavy atom. The van der Waals surface area contributed by atoms with Crippen molar-refractivity contribution in [1.82, 2.24) is 9.80 Å². The molecule has 23 heavy (non-hydrogen) atoms. The van der Waals surface area contributed by atoms with Crippen LogP contribution in [0.2, 0.25) is 0 Å². The van der Waals surface area contributed by atoms with Crippen molar-refractivity contribution in [2.45, 2.75) is 64.6 Å². The first-order valence-electron chi connectivity index (χ1n) is 8.18. The van der Waals surface area contributed by atoms with Crippen LogP contribution in [0.3, 0.4) is 0 Å². The first kappa shape index (κ1) is 19.3. The van der Waals surface area contributed by atoms with Gasteiger partial charge in [-0.2, -0.15) is 0 Å². The maximum Gasteiger partial charge on any atom is 0.410 e. The van der Waals surface area contributed by atoms with Gasteiger partial charge >= 0.3 is 12.2 Å². The van der Waals surface area contributed by atoms with Gasteiger partial charge in [-0.1, -0.05) is 6.08 Å². The molecule has 2 amide bonds. The first-order valence-corrected chi connectivity index (χ1v) is 8.18. The van der Waals surface area contributed by atoms with Crippen LogP contribution in [-0.4, -0.2) is 59.9 Å². The van der Waals surface area contributed by atoms with Crippen LogP contribution in [0.25, 0.3) is 0 Å². The largest absolute Gasteiger partial charge is 0.453 e. The van der Waals surface area contributed by atoms with Gasteiger partial charge in [0.15, 0.2) is 0 Å². The van der Waals surface area contributed by atoms with Gasteiger partial charge in [-0.15, -0.1) is 6.58 Å². The molecule has 2 atom stereocenters. The number of carbonyl (C=O) groups excluding carboxylic acids is 2. The van der Waals surface area contributed by atoms with Gasteiger partial charge in [0, 0.05) is 19.1 Å². The van der Waals surface area contributed by atoms with Crippen LogP contribution in [0.5, 0.6) is 0 Å². The zero-order chi connectivity index (χ0) is 17.6. The Kier molecular flexibility index (Phi) is 6.91. The Morgan fingerprint density at radius 2 is 1.91 bits per heavy atom. The zero-order valence-corrected chi connectivity index (χ0v) is 15.0. The quantitative estimate of drug-likeness (QED) is 0.726. The summed E-state index contributed by atoms with van der Waals surface area (Å²) >= 11 is 0. The molecule has 1 heterocycles. The average Bonchev–Trinajstić information content (AvgIpc) is 2.85. The van der Waals surface area contributed by atoms with E-state index in [1.165, 1.54) is 7.11 Å². The lowest BCUT2D eigenvalue weighted by molar-refractivity contribution is 0.0114. The summed E-state index contributed by atoms with van der Waals surface area (Å²) in [4.78, 5) is 27.8. The molecule has 2 unspecified atom stereocenters. The van der Waals surface area contributed by atoms with Crippen LogP contribution in [0, 0.1) is 0 Å². The second-order valence-corrected chi connectivity index (χ2v) is 6.81. The molecule has 0 saturated carbocycles. The number of methoxy groups -OCH3 is 1. The molecule has 6 heteroatoms. The van der Waals surface area contributed by atoms with Gasteiger partial charge in [-0.25, -0.2) is 9.59 Å². The van der Waals surface area contributed by atoms with E-state index in [1.807, 2.05) is 33.8 Å². The fourth-order valence-electron chi connectivity index (χ4n) is 2.89. The predicted molar refractivity (Wildman–Crippen MR) is 89.3 cm³/mol. The van der Waals surface area contributed by atoms with E-state index in [4.69, 9.17) is 9.47 Å². The van der Waals surface area contributed by atoms with Crippen molar-refractivity contribution < 1.29 is 19.1 Å². The fraction of sp³-hybridized carbons (Fsp3) is 0.765. The number of hydrogen-bond acceptors (Lipinski definition) is 4. The van der Waals surface area contributed by atoms with E-state index in [0.717, 1.165) is 19.3 Å². The Morgan fingerprint density at radius 3 is 2.39 bits per heavy atom. The van der Waals surface area contributed by atoms with E-state index in [9.17, 15) is 9.59 Å². The molecule has 0 aromatic rings. The fourth-order valence-corrected chi connectivity index (χ4v) is 2.89. The normalized spacial score (nSPS) is 21.0. The molecular weight excluding hydrogens is 296 g/mol. The third-order valence-electron chi connectivity index (χ3n) is 3.91. The van der Waals surface area contributed by atoms with E-state index in [0.29, 0.717) is 13.1 Å². The van der Waals surface area contributed by atoms with Crippen molar-refractivity contribution >= 4 is 12.2 Å². The summed E-state index contributed by atoms with van der Waals surface area (Å²) in [5.41, 5.74) is -0.546. The van der Waals surface area contributed by atoms with Crippen molar-refractivity contribution in [3.05, 3.63) is 12.7 Å². The zero-order valence-electron chi connectivity index (χ0n) is 15.0. The van der Waals surface area contributed by atoms with Gasteiger partial charge in [-0.3, -0.25) is 0 Å². The summed E-state index contributed by atoms with van der Waals surface area (Å²) in [5.74, 6) is 0. The van der Waals surface area contributed by atoms with Crippen molar-refractivity contribution in [1.29, 1.82) is 0 Å². The highest BCUT2D eigenvalue weighted by Crippen LogP contribution is 2.29. The second-order valence-electron chi connectivity index (χ2n) is 6.81. The number of rotatable bonds is 5. The molecule has 132 valence electrons. The van der Waals surface area contributed by atoms with Crippen molar-refractivity contribution in [2.75, 3.05) is 20.2 Å². The van der Waals surface area contributed by atoms with E-state index in [2.05, 4.69) is 6.58 Å². The minimum atomic E-state index is -0.546. The van der Waals surface area contributed by atoms with Crippen molar-refractivity contribution in [3.8, 4) is 0 Å². The second kappa shape index (κ2) is 8.22. The highest BCUT2D eigenvalue weighted by atomic mass is 16.6. The molecule has 1 aliphatic rings. The molecule has 0 aromatic carbocycles. The first-order chi connectivity index (χ1) is 10.7. The number of amides is 2. The van der Waals surface area contributed by atoms with Crippen molar-refractivity contribution in [3.63, 3.8) is 0 Å². The SMILES string of the molecule is C=CCC1CCC(CN(CC)C(=O)OC)N1C(=O)OC(C)(C)C. The van der Waals surface area contributed by atoms with Gasteiger partial charge in [0.2, 0.25) is 0 Å². The van der Waals surface area contributed by atoms with E-state index in [-0.39, 0.29) is 24.3 Å². The Balaban J connectivity index is 2.89. The maximum absolute atomic E-state index is 12.6. The number of likely N-dealkylation sites (N-methyl/N-ethyl adjacent to an activating group) is 1. The molecule has 1 saturated heterocycles. The van der Waals surface area contributed by atoms with Crippen LogP contribution >= 0.6 is 0 Å². The molecular formula is C17H30N2O4. The summed E-state index contributed by atoms with van der Waals surface area (Å²) in [7, 11) is 1.37. The lowest BCUT2D eigenvalue weighted by Crippen LogP contribution is -2.49. The molecule has 0 bridgehead atoms. The summed E-state index contributed by atoms with van der Waals surface area (Å²) in [6.45, 7) is 12.2. The van der Waals surface area contributed by atoms with Crippen LogP contribution in [0.1, 0.15) is 47.0 Å². The minimum Gasteiger partial charge on any atom is -0.453 e. The monoisotopic (exact) mass is 326 g/mol. The molecule has 1 fully saturated rings. The van der Waals surface area contributed by atoms with Gasteiger partial charge in [0.25, 0.3) is 0 Å². The molecule has 0 radical (unpaired) electrons. The third-order valence-corrected chi connectivity index (χ3v) is 3.91. The lowest BCUT2D eigenvalue weighted by atomic mass is 10.1. The molecule has 0 N–H and O–H groups in total. The summed E-state index contributed by atoms with van der Waals surface area (Å²) in [5, 5.41) is 0. The predicted octanol–water partition coefficient (Wildman–Crippen LogP) is 3.42. The molecule has 0 aromatic heterocycles. The highest BCUT2D eigenvalue weighted by molar-refractivity contribution is 5.70. The van der Waals surface area contributed by atoms with Crippen LogP contribution in [0.4, 0.5) is 9.59 Å². The highest BCUT2D eigenvalue weighted by Gasteiger charge is 2.39. The molecule has 0 aliphatic carbocycles. The van der Waals surface area contributed by atoms with E-state index in [1.54, 1.807) is 9.80 Å². The Bertz CT molecular complexity index is 431. The summed E-state index contributed by atoms with van der Waals surface area (Å²) in [6.07, 6.45) is 3.57. The van der Waals surface area contributed by atoms with Gasteiger partial charge in [0.05, 0.1) is 13.2 Å². The standard InChI is InChI=1S/C17H30N2O4/c1-7-9-13-10-11-14(12-18(8-2)15(20)22-6)19(13)16(21)23-17(3,4)5/h7,13-14H,1,8-12H2,2-6H3. The summed E-state index contributed by atoms with van der Waals surface area (Å²) < 4.78 is 10.3. The van der Waals surface area contributed by atoms with Gasteiger partial charge in [0.1, 0.15) is 5.60 Å². The van der Waals surface area contributed by atoms with Gasteiger partial charge in [-0.05, 0) is 47.0 Å². The topological polar surface area (TPSA) is 59.1 Å². The number of hydrogen-bond donors (Lipinski definition) is 0. The van der Waals surface area contributed by atoms with E-state index >= 15 is 0 Å². The van der Waals surface area contributed by atoms with Gasteiger partial charge < -0.3 is 19.3 Å². The number of likely N-dealkylation sites (tertiary alicyclic amines) is 1. The molecule has 6 nitrogen and oxygen atoms in total. The van der Waals surface area contributed by atoms with Crippen molar-refractivity contribution in [2.24, 2.45) is 0 Å².